The number of carbonyl (C=O) groups excluding carboxylic acids is 1. The number of carbonyl (C=O) groups is 2. The van der Waals surface area contributed by atoms with Crippen LogP contribution in [-0.4, -0.2) is 35.7 Å². The molecule has 1 amide bonds. The molecule has 27 heavy (non-hydrogen) atoms. The molecule has 0 saturated heterocycles. The number of amides is 1. The lowest BCUT2D eigenvalue weighted by molar-refractivity contribution is -0.145. The molecular formula is C21H29NO5. The Bertz CT molecular complexity index is 698. The number of carboxylic acids is 1. The van der Waals surface area contributed by atoms with E-state index in [0.717, 1.165) is 25.7 Å². The van der Waals surface area contributed by atoms with Gasteiger partial charge in [0.25, 0.3) is 5.91 Å². The summed E-state index contributed by atoms with van der Waals surface area (Å²) in [4.78, 5) is 24.4. The van der Waals surface area contributed by atoms with E-state index in [9.17, 15) is 14.7 Å². The predicted octanol–water partition coefficient (Wildman–Crippen LogP) is 3.78. The highest BCUT2D eigenvalue weighted by Crippen LogP contribution is 2.35. The van der Waals surface area contributed by atoms with Crippen molar-refractivity contribution in [1.29, 1.82) is 0 Å². The van der Waals surface area contributed by atoms with Crippen LogP contribution in [0.5, 0.6) is 11.5 Å². The van der Waals surface area contributed by atoms with Crippen LogP contribution in [-0.2, 0) is 4.79 Å². The maximum atomic E-state index is 12.8. The van der Waals surface area contributed by atoms with Gasteiger partial charge in [0.15, 0.2) is 11.5 Å². The molecule has 0 heterocycles. The first-order valence-electron chi connectivity index (χ1n) is 9.83. The van der Waals surface area contributed by atoms with Crippen molar-refractivity contribution in [3.05, 3.63) is 23.8 Å². The lowest BCUT2D eigenvalue weighted by Gasteiger charge is -2.39. The van der Waals surface area contributed by atoms with Gasteiger partial charge in [-0.3, -0.25) is 9.59 Å². The number of aliphatic carboxylic acids is 1. The van der Waals surface area contributed by atoms with Gasteiger partial charge in [-0.2, -0.15) is 0 Å². The van der Waals surface area contributed by atoms with Gasteiger partial charge in [0.1, 0.15) is 0 Å². The van der Waals surface area contributed by atoms with Gasteiger partial charge in [-0.05, 0) is 63.6 Å². The summed E-state index contributed by atoms with van der Waals surface area (Å²) in [6.07, 6.45) is 7.69. The van der Waals surface area contributed by atoms with Crippen molar-refractivity contribution in [3.63, 3.8) is 0 Å². The highest BCUT2D eigenvalue weighted by molar-refractivity contribution is 5.95. The Morgan fingerprint density at radius 1 is 1.11 bits per heavy atom. The van der Waals surface area contributed by atoms with E-state index in [-0.39, 0.29) is 12.0 Å². The molecule has 2 fully saturated rings. The number of rotatable bonds is 6. The monoisotopic (exact) mass is 375 g/mol. The largest absolute Gasteiger partial charge is 0.493 e. The Balaban J connectivity index is 1.74. The summed E-state index contributed by atoms with van der Waals surface area (Å²) < 4.78 is 11.4. The lowest BCUT2D eigenvalue weighted by Crippen LogP contribution is -2.55. The summed E-state index contributed by atoms with van der Waals surface area (Å²) in [5.41, 5.74) is -0.297. The second kappa shape index (κ2) is 8.19. The van der Waals surface area contributed by atoms with E-state index < -0.39 is 17.4 Å². The van der Waals surface area contributed by atoms with Crippen LogP contribution in [0.4, 0.5) is 0 Å². The molecule has 148 valence electrons. The highest BCUT2D eigenvalue weighted by atomic mass is 16.5. The molecule has 2 atom stereocenters. The van der Waals surface area contributed by atoms with E-state index in [4.69, 9.17) is 9.47 Å². The minimum Gasteiger partial charge on any atom is -0.493 e. The van der Waals surface area contributed by atoms with Gasteiger partial charge >= 0.3 is 5.97 Å². The SMILES string of the molecule is COc1cc(C(=O)NC2(C)CCCCC2C(=O)O)ccc1OC1CCCC1. The molecule has 1 aromatic carbocycles. The minimum absolute atomic E-state index is 0.205. The van der Waals surface area contributed by atoms with Crippen LogP contribution in [0.1, 0.15) is 68.6 Å². The van der Waals surface area contributed by atoms with Gasteiger partial charge in [-0.25, -0.2) is 0 Å². The van der Waals surface area contributed by atoms with Gasteiger partial charge in [0, 0.05) is 5.56 Å². The van der Waals surface area contributed by atoms with E-state index in [0.29, 0.717) is 29.9 Å². The van der Waals surface area contributed by atoms with Crippen LogP contribution in [0, 0.1) is 5.92 Å². The van der Waals surface area contributed by atoms with Crippen molar-refractivity contribution in [2.45, 2.75) is 69.9 Å². The summed E-state index contributed by atoms with van der Waals surface area (Å²) >= 11 is 0. The standard InChI is InChI=1S/C21H29NO5/c1-21(12-6-5-9-16(21)20(24)25)22-19(23)14-10-11-17(18(13-14)26-2)27-15-7-3-4-8-15/h10-11,13,15-16H,3-9,12H2,1-2H3,(H,22,23)(H,24,25). The Kier molecular flexibility index (Phi) is 5.92. The van der Waals surface area contributed by atoms with Crippen LogP contribution < -0.4 is 14.8 Å². The van der Waals surface area contributed by atoms with Crippen molar-refractivity contribution >= 4 is 11.9 Å². The lowest BCUT2D eigenvalue weighted by atomic mass is 9.73. The fourth-order valence-corrected chi connectivity index (χ4v) is 4.30. The van der Waals surface area contributed by atoms with Crippen molar-refractivity contribution in [3.8, 4) is 11.5 Å². The fraction of sp³-hybridized carbons (Fsp3) is 0.619. The Morgan fingerprint density at radius 3 is 2.48 bits per heavy atom. The molecule has 0 bridgehead atoms. The van der Waals surface area contributed by atoms with Crippen LogP contribution in [0.15, 0.2) is 18.2 Å². The molecule has 6 nitrogen and oxygen atoms in total. The average Bonchev–Trinajstić information content (AvgIpc) is 3.14. The van der Waals surface area contributed by atoms with Gasteiger partial charge in [-0.1, -0.05) is 12.8 Å². The van der Waals surface area contributed by atoms with E-state index in [1.54, 1.807) is 25.3 Å². The first-order chi connectivity index (χ1) is 12.9. The van der Waals surface area contributed by atoms with Crippen LogP contribution in [0.3, 0.4) is 0 Å². The summed E-state index contributed by atoms with van der Waals surface area (Å²) in [5.74, 6) is -0.528. The number of ether oxygens (including phenoxy) is 2. The number of methoxy groups -OCH3 is 1. The van der Waals surface area contributed by atoms with E-state index in [2.05, 4.69) is 5.32 Å². The molecule has 2 unspecified atom stereocenters. The van der Waals surface area contributed by atoms with Crippen molar-refractivity contribution in [2.75, 3.05) is 7.11 Å². The first kappa shape index (κ1) is 19.5. The van der Waals surface area contributed by atoms with Crippen LogP contribution in [0.25, 0.3) is 0 Å². The molecule has 6 heteroatoms. The number of benzene rings is 1. The topological polar surface area (TPSA) is 84.9 Å². The molecule has 2 aliphatic carbocycles. The Morgan fingerprint density at radius 2 is 1.81 bits per heavy atom. The minimum atomic E-state index is -0.851. The summed E-state index contributed by atoms with van der Waals surface area (Å²) in [6.45, 7) is 1.83. The van der Waals surface area contributed by atoms with Crippen LogP contribution in [0.2, 0.25) is 0 Å². The molecule has 0 radical (unpaired) electrons. The normalized spacial score (nSPS) is 25.8. The predicted molar refractivity (Wildman–Crippen MR) is 101 cm³/mol. The Hall–Kier alpha value is -2.24. The molecule has 2 aliphatic rings. The quantitative estimate of drug-likeness (QED) is 0.790. The molecule has 2 saturated carbocycles. The summed E-state index contributed by atoms with van der Waals surface area (Å²) in [6, 6.07) is 5.15. The molecule has 1 aromatic rings. The summed E-state index contributed by atoms with van der Waals surface area (Å²) in [5, 5.41) is 12.5. The molecule has 0 aliphatic heterocycles. The number of hydrogen-bond acceptors (Lipinski definition) is 4. The van der Waals surface area contributed by atoms with Crippen molar-refractivity contribution < 1.29 is 24.2 Å². The van der Waals surface area contributed by atoms with Crippen molar-refractivity contribution in [1.82, 2.24) is 5.32 Å². The van der Waals surface area contributed by atoms with E-state index >= 15 is 0 Å². The maximum Gasteiger partial charge on any atom is 0.308 e. The summed E-state index contributed by atoms with van der Waals surface area (Å²) in [7, 11) is 1.56. The van der Waals surface area contributed by atoms with Crippen LogP contribution >= 0.6 is 0 Å². The van der Waals surface area contributed by atoms with E-state index in [1.807, 2.05) is 6.92 Å². The second-order valence-electron chi connectivity index (χ2n) is 7.90. The van der Waals surface area contributed by atoms with Gasteiger partial charge in [-0.15, -0.1) is 0 Å². The zero-order chi connectivity index (χ0) is 19.4. The number of carboxylic acid groups (broad SMARTS) is 1. The highest BCUT2D eigenvalue weighted by Gasteiger charge is 2.42. The van der Waals surface area contributed by atoms with Gasteiger partial charge < -0.3 is 19.9 Å². The number of hydrogen-bond donors (Lipinski definition) is 2. The third-order valence-corrected chi connectivity index (χ3v) is 5.93. The molecule has 0 aromatic heterocycles. The molecular weight excluding hydrogens is 346 g/mol. The Labute approximate surface area is 160 Å². The second-order valence-corrected chi connectivity index (χ2v) is 7.90. The molecule has 3 rings (SSSR count). The zero-order valence-corrected chi connectivity index (χ0v) is 16.1. The number of nitrogens with one attached hydrogen (secondary N) is 1. The smallest absolute Gasteiger partial charge is 0.308 e. The molecule has 0 spiro atoms. The first-order valence-corrected chi connectivity index (χ1v) is 9.83. The van der Waals surface area contributed by atoms with E-state index in [1.165, 1.54) is 12.8 Å². The third-order valence-electron chi connectivity index (χ3n) is 5.93. The average molecular weight is 375 g/mol. The van der Waals surface area contributed by atoms with Gasteiger partial charge in [0.05, 0.1) is 24.7 Å². The van der Waals surface area contributed by atoms with Crippen molar-refractivity contribution in [2.24, 2.45) is 5.92 Å². The van der Waals surface area contributed by atoms with Gasteiger partial charge in [0.2, 0.25) is 0 Å². The third kappa shape index (κ3) is 4.37. The maximum absolute atomic E-state index is 12.8. The fourth-order valence-electron chi connectivity index (χ4n) is 4.30. The zero-order valence-electron chi connectivity index (χ0n) is 16.1. The molecule has 2 N–H and O–H groups in total.